The van der Waals surface area contributed by atoms with Gasteiger partial charge in [-0.3, -0.25) is 0 Å². The number of nitrogens with zero attached hydrogens (tertiary/aromatic N) is 3. The smallest absolute Gasteiger partial charge is 0.227 e. The highest BCUT2D eigenvalue weighted by molar-refractivity contribution is 6.30. The van der Waals surface area contributed by atoms with Crippen LogP contribution in [0.15, 0.2) is 48.5 Å². The van der Waals surface area contributed by atoms with Gasteiger partial charge in [-0.1, -0.05) is 35.9 Å². The second kappa shape index (κ2) is 7.28. The third-order valence-corrected chi connectivity index (χ3v) is 4.81. The van der Waals surface area contributed by atoms with Gasteiger partial charge in [-0.05, 0) is 49.1 Å². The molecule has 0 saturated carbocycles. The van der Waals surface area contributed by atoms with Gasteiger partial charge in [0, 0.05) is 30.0 Å². The van der Waals surface area contributed by atoms with Gasteiger partial charge in [0.15, 0.2) is 0 Å². The number of halogens is 1. The van der Waals surface area contributed by atoms with Gasteiger partial charge in [-0.25, -0.2) is 4.98 Å². The molecule has 128 valence electrons. The van der Waals surface area contributed by atoms with Crippen molar-refractivity contribution in [1.29, 1.82) is 0 Å². The summed E-state index contributed by atoms with van der Waals surface area (Å²) in [5.41, 5.74) is 2.11. The molecule has 0 unspecified atom stereocenters. The second-order valence-corrected chi connectivity index (χ2v) is 6.86. The quantitative estimate of drug-likeness (QED) is 0.726. The summed E-state index contributed by atoms with van der Waals surface area (Å²) >= 11 is 6.09. The molecule has 0 amide bonds. The van der Waals surface area contributed by atoms with E-state index in [9.17, 15) is 0 Å². The molecule has 4 nitrogen and oxygen atoms in total. The molecule has 0 spiro atoms. The predicted molar refractivity (Wildman–Crippen MR) is 104 cm³/mol. The molecule has 1 aromatic heterocycles. The summed E-state index contributed by atoms with van der Waals surface area (Å²) in [4.78, 5) is 11.9. The van der Waals surface area contributed by atoms with Crippen LogP contribution in [0, 0.1) is 0 Å². The fourth-order valence-electron chi connectivity index (χ4n) is 3.27. The zero-order chi connectivity index (χ0) is 17.1. The highest BCUT2D eigenvalue weighted by Crippen LogP contribution is 2.25. The van der Waals surface area contributed by atoms with Crippen molar-refractivity contribution in [1.82, 2.24) is 9.97 Å². The lowest BCUT2D eigenvalue weighted by molar-refractivity contribution is 0.569. The summed E-state index contributed by atoms with van der Waals surface area (Å²) < 4.78 is 0. The minimum atomic E-state index is 0.682. The average molecular weight is 353 g/mol. The molecule has 1 fully saturated rings. The number of hydrogen-bond donors (Lipinski definition) is 1. The number of nitrogens with one attached hydrogen (secondary N) is 1. The Kier molecular flexibility index (Phi) is 4.70. The van der Waals surface area contributed by atoms with Crippen molar-refractivity contribution in [3.8, 4) is 0 Å². The maximum absolute atomic E-state index is 6.09. The predicted octanol–water partition coefficient (Wildman–Crippen LogP) is 4.89. The molecule has 3 aromatic rings. The summed E-state index contributed by atoms with van der Waals surface area (Å²) in [6.45, 7) is 2.75. The van der Waals surface area contributed by atoms with Crippen LogP contribution in [0.2, 0.25) is 5.02 Å². The van der Waals surface area contributed by atoms with Crippen LogP contribution >= 0.6 is 11.6 Å². The van der Waals surface area contributed by atoms with E-state index >= 15 is 0 Å². The Hall–Kier alpha value is -2.33. The van der Waals surface area contributed by atoms with Crippen molar-refractivity contribution >= 4 is 34.3 Å². The first-order valence-electron chi connectivity index (χ1n) is 8.80. The van der Waals surface area contributed by atoms with Crippen LogP contribution in [0.4, 0.5) is 11.8 Å². The third-order valence-electron chi connectivity index (χ3n) is 4.58. The van der Waals surface area contributed by atoms with Gasteiger partial charge in [0.25, 0.3) is 0 Å². The monoisotopic (exact) mass is 352 g/mol. The van der Waals surface area contributed by atoms with Crippen LogP contribution in [0.5, 0.6) is 0 Å². The summed E-state index contributed by atoms with van der Waals surface area (Å²) in [6.07, 6.45) is 3.72. The molecule has 1 aliphatic rings. The van der Waals surface area contributed by atoms with Crippen molar-refractivity contribution in [2.75, 3.05) is 23.3 Å². The van der Waals surface area contributed by atoms with E-state index in [1.165, 1.54) is 19.3 Å². The van der Waals surface area contributed by atoms with Crippen LogP contribution in [0.25, 0.3) is 10.9 Å². The van der Waals surface area contributed by atoms with Gasteiger partial charge >= 0.3 is 0 Å². The van der Waals surface area contributed by atoms with Crippen molar-refractivity contribution in [2.45, 2.75) is 25.8 Å². The lowest BCUT2D eigenvalue weighted by atomic mass is 10.1. The largest absolute Gasteiger partial charge is 0.365 e. The molecule has 1 N–H and O–H groups in total. The van der Waals surface area contributed by atoms with Crippen molar-refractivity contribution in [2.24, 2.45) is 0 Å². The molecule has 2 aromatic carbocycles. The Labute approximate surface area is 152 Å². The summed E-state index contributed by atoms with van der Waals surface area (Å²) in [6, 6.07) is 16.1. The van der Waals surface area contributed by atoms with Crippen LogP contribution < -0.4 is 10.2 Å². The van der Waals surface area contributed by atoms with E-state index in [1.54, 1.807) is 0 Å². The highest BCUT2D eigenvalue weighted by atomic mass is 35.5. The van der Waals surface area contributed by atoms with E-state index in [0.29, 0.717) is 6.54 Å². The first kappa shape index (κ1) is 16.2. The Balaban J connectivity index is 1.65. The second-order valence-electron chi connectivity index (χ2n) is 6.42. The number of hydrogen-bond acceptors (Lipinski definition) is 4. The van der Waals surface area contributed by atoms with Crippen LogP contribution in [0.3, 0.4) is 0 Å². The molecule has 1 aliphatic heterocycles. The molecule has 0 radical (unpaired) electrons. The van der Waals surface area contributed by atoms with E-state index in [0.717, 1.165) is 46.3 Å². The molecule has 1 saturated heterocycles. The van der Waals surface area contributed by atoms with Gasteiger partial charge in [0.05, 0.1) is 5.52 Å². The first-order chi connectivity index (χ1) is 12.3. The van der Waals surface area contributed by atoms with Crippen LogP contribution in [0.1, 0.15) is 24.8 Å². The van der Waals surface area contributed by atoms with E-state index in [1.807, 2.05) is 30.3 Å². The molecule has 2 heterocycles. The SMILES string of the molecule is Clc1cccc(CNc2nc(N3CCCCC3)nc3ccccc23)c1. The number of fused-ring (bicyclic) bond motifs is 1. The third kappa shape index (κ3) is 3.69. The fourth-order valence-corrected chi connectivity index (χ4v) is 3.48. The number of piperidine rings is 1. The minimum Gasteiger partial charge on any atom is -0.365 e. The Morgan fingerprint density at radius 3 is 2.64 bits per heavy atom. The minimum absolute atomic E-state index is 0.682. The normalized spacial score (nSPS) is 14.7. The maximum Gasteiger partial charge on any atom is 0.227 e. The van der Waals surface area contributed by atoms with Gasteiger partial charge in [-0.2, -0.15) is 4.98 Å². The van der Waals surface area contributed by atoms with Crippen LogP contribution in [-0.2, 0) is 6.54 Å². The average Bonchev–Trinajstić information content (AvgIpc) is 2.66. The Morgan fingerprint density at radius 1 is 0.960 bits per heavy atom. The molecule has 25 heavy (non-hydrogen) atoms. The van der Waals surface area contributed by atoms with E-state index in [2.05, 4.69) is 28.4 Å². The van der Waals surface area contributed by atoms with E-state index < -0.39 is 0 Å². The molecular formula is C20H21ClN4. The number of para-hydroxylation sites is 1. The number of benzene rings is 2. The number of anilines is 2. The highest BCUT2D eigenvalue weighted by Gasteiger charge is 2.16. The standard InChI is InChI=1S/C20H21ClN4/c21-16-8-6-7-15(13-16)14-22-19-17-9-2-3-10-18(17)23-20(24-19)25-11-4-1-5-12-25/h2-3,6-10,13H,1,4-5,11-12,14H2,(H,22,23,24). The summed E-state index contributed by atoms with van der Waals surface area (Å²) in [7, 11) is 0. The van der Waals surface area contributed by atoms with Crippen molar-refractivity contribution in [3.63, 3.8) is 0 Å². The summed E-state index contributed by atoms with van der Waals surface area (Å²) in [5, 5.41) is 5.27. The topological polar surface area (TPSA) is 41.1 Å². The van der Waals surface area contributed by atoms with Crippen molar-refractivity contribution < 1.29 is 0 Å². The van der Waals surface area contributed by atoms with Gasteiger partial charge < -0.3 is 10.2 Å². The first-order valence-corrected chi connectivity index (χ1v) is 9.17. The molecule has 0 bridgehead atoms. The van der Waals surface area contributed by atoms with Gasteiger partial charge in [0.1, 0.15) is 5.82 Å². The molecule has 0 atom stereocenters. The van der Waals surface area contributed by atoms with E-state index in [4.69, 9.17) is 21.6 Å². The lowest BCUT2D eigenvalue weighted by Gasteiger charge is -2.27. The molecular weight excluding hydrogens is 332 g/mol. The Bertz CT molecular complexity index is 874. The maximum atomic E-state index is 6.09. The van der Waals surface area contributed by atoms with Gasteiger partial charge in [-0.15, -0.1) is 0 Å². The fraction of sp³-hybridized carbons (Fsp3) is 0.300. The van der Waals surface area contributed by atoms with Crippen molar-refractivity contribution in [3.05, 3.63) is 59.1 Å². The number of rotatable bonds is 4. The molecule has 0 aliphatic carbocycles. The molecule has 4 rings (SSSR count). The number of aromatic nitrogens is 2. The van der Waals surface area contributed by atoms with Gasteiger partial charge in [0.2, 0.25) is 5.95 Å². The zero-order valence-electron chi connectivity index (χ0n) is 14.1. The Morgan fingerprint density at radius 2 is 1.80 bits per heavy atom. The van der Waals surface area contributed by atoms with E-state index in [-0.39, 0.29) is 0 Å². The zero-order valence-corrected chi connectivity index (χ0v) is 14.8. The molecule has 5 heteroatoms. The lowest BCUT2D eigenvalue weighted by Crippen LogP contribution is -2.31. The van der Waals surface area contributed by atoms with Crippen LogP contribution in [-0.4, -0.2) is 23.1 Å². The summed E-state index contributed by atoms with van der Waals surface area (Å²) in [5.74, 6) is 1.71.